The number of pyridine rings is 1. The lowest BCUT2D eigenvalue weighted by atomic mass is 10.2. The third kappa shape index (κ3) is 3.98. The number of aromatic nitrogens is 1. The Hall–Kier alpha value is -0.970. The van der Waals surface area contributed by atoms with E-state index in [2.05, 4.69) is 4.98 Å². The van der Waals surface area contributed by atoms with Gasteiger partial charge in [-0.3, -0.25) is 4.98 Å². The summed E-state index contributed by atoms with van der Waals surface area (Å²) in [6, 6.07) is 3.42. The fourth-order valence-corrected chi connectivity index (χ4v) is 1.48. The average Bonchev–Trinajstić information content (AvgIpc) is 2.00. The predicted molar refractivity (Wildman–Crippen MR) is 47.6 cm³/mol. The van der Waals surface area contributed by atoms with Crippen LogP contribution in [0.4, 0.5) is 3.89 Å². The first-order valence-corrected chi connectivity index (χ1v) is 5.36. The molecule has 0 saturated heterocycles. The molecule has 0 fully saturated rings. The Kier molecular flexibility index (Phi) is 2.98. The molecular weight excluding hydrogens is 193 g/mol. The number of rotatable bonds is 3. The van der Waals surface area contributed by atoms with E-state index in [4.69, 9.17) is 0 Å². The van der Waals surface area contributed by atoms with E-state index in [-0.39, 0.29) is 6.42 Å². The standard InChI is InChI=1S/C8H10FNO2S/c1-7-6-8(2-4-10-7)3-5-13(9,11)12/h2,4,6H,3,5H2,1H3. The van der Waals surface area contributed by atoms with Crippen LogP contribution in [0, 0.1) is 6.92 Å². The molecule has 13 heavy (non-hydrogen) atoms. The van der Waals surface area contributed by atoms with Crippen molar-refractivity contribution in [2.75, 3.05) is 5.75 Å². The van der Waals surface area contributed by atoms with Crippen LogP contribution in [-0.4, -0.2) is 19.2 Å². The molecule has 0 N–H and O–H groups in total. The molecule has 0 bridgehead atoms. The molecule has 0 amide bonds. The lowest BCUT2D eigenvalue weighted by Crippen LogP contribution is -2.02. The fraction of sp³-hybridized carbons (Fsp3) is 0.375. The Morgan fingerprint density at radius 2 is 2.23 bits per heavy atom. The first-order valence-electron chi connectivity index (χ1n) is 3.81. The third-order valence-corrected chi connectivity index (χ3v) is 2.29. The van der Waals surface area contributed by atoms with Gasteiger partial charge in [-0.15, -0.1) is 3.89 Å². The summed E-state index contributed by atoms with van der Waals surface area (Å²) in [6.07, 6.45) is 1.78. The Labute approximate surface area is 76.8 Å². The summed E-state index contributed by atoms with van der Waals surface area (Å²) in [6.45, 7) is 1.80. The zero-order valence-corrected chi connectivity index (χ0v) is 8.01. The zero-order chi connectivity index (χ0) is 9.90. The van der Waals surface area contributed by atoms with Crippen molar-refractivity contribution in [3.05, 3.63) is 29.6 Å². The molecule has 1 heterocycles. The van der Waals surface area contributed by atoms with Crippen molar-refractivity contribution in [3.8, 4) is 0 Å². The molecule has 72 valence electrons. The minimum atomic E-state index is -4.36. The molecule has 1 aromatic heterocycles. The molecule has 0 unspecified atom stereocenters. The molecular formula is C8H10FNO2S. The monoisotopic (exact) mass is 203 g/mol. The first kappa shape index (κ1) is 10.1. The smallest absolute Gasteiger partial charge is 0.262 e. The van der Waals surface area contributed by atoms with Gasteiger partial charge in [-0.1, -0.05) is 0 Å². The fourth-order valence-electron chi connectivity index (χ4n) is 1.000. The maximum Gasteiger partial charge on any atom is 0.302 e. The molecule has 1 aromatic rings. The van der Waals surface area contributed by atoms with Crippen molar-refractivity contribution in [2.45, 2.75) is 13.3 Å². The van der Waals surface area contributed by atoms with Crippen LogP contribution >= 0.6 is 0 Å². The summed E-state index contributed by atoms with van der Waals surface area (Å²) in [5.74, 6) is -0.462. The Morgan fingerprint density at radius 1 is 1.54 bits per heavy atom. The molecule has 0 aliphatic carbocycles. The van der Waals surface area contributed by atoms with Gasteiger partial charge in [0.15, 0.2) is 0 Å². The van der Waals surface area contributed by atoms with Gasteiger partial charge in [-0.2, -0.15) is 8.42 Å². The van der Waals surface area contributed by atoms with Gasteiger partial charge < -0.3 is 0 Å². The maximum absolute atomic E-state index is 12.1. The molecule has 0 spiro atoms. The van der Waals surface area contributed by atoms with E-state index < -0.39 is 16.0 Å². The summed E-state index contributed by atoms with van der Waals surface area (Å²) >= 11 is 0. The highest BCUT2D eigenvalue weighted by Gasteiger charge is 2.06. The van der Waals surface area contributed by atoms with Gasteiger partial charge in [0.25, 0.3) is 0 Å². The van der Waals surface area contributed by atoms with Gasteiger partial charge in [0.05, 0.1) is 5.75 Å². The summed E-state index contributed by atoms with van der Waals surface area (Å²) in [7, 11) is -4.36. The van der Waals surface area contributed by atoms with Crippen LogP contribution in [0.25, 0.3) is 0 Å². The second kappa shape index (κ2) is 3.83. The molecule has 0 aliphatic rings. The van der Waals surface area contributed by atoms with Crippen LogP contribution < -0.4 is 0 Å². The number of hydrogen-bond donors (Lipinski definition) is 0. The molecule has 0 aliphatic heterocycles. The Morgan fingerprint density at radius 3 is 2.77 bits per heavy atom. The van der Waals surface area contributed by atoms with E-state index in [1.165, 1.54) is 0 Å². The van der Waals surface area contributed by atoms with Gasteiger partial charge in [0, 0.05) is 11.9 Å². The quantitative estimate of drug-likeness (QED) is 0.694. The van der Waals surface area contributed by atoms with Crippen LogP contribution in [0.1, 0.15) is 11.3 Å². The van der Waals surface area contributed by atoms with Crippen molar-refractivity contribution in [2.24, 2.45) is 0 Å². The topological polar surface area (TPSA) is 47.0 Å². The number of aryl methyl sites for hydroxylation is 2. The Bertz CT molecular complexity index is 389. The Balaban J connectivity index is 2.65. The highest BCUT2D eigenvalue weighted by molar-refractivity contribution is 7.86. The lowest BCUT2D eigenvalue weighted by Gasteiger charge is -1.98. The van der Waals surface area contributed by atoms with Crippen molar-refractivity contribution < 1.29 is 12.3 Å². The highest BCUT2D eigenvalue weighted by atomic mass is 32.3. The van der Waals surface area contributed by atoms with E-state index in [9.17, 15) is 12.3 Å². The van der Waals surface area contributed by atoms with Crippen LogP contribution in [0.15, 0.2) is 18.3 Å². The molecule has 0 aromatic carbocycles. The average molecular weight is 203 g/mol. The predicted octanol–water partition coefficient (Wildman–Crippen LogP) is 1.23. The second-order valence-electron chi connectivity index (χ2n) is 2.80. The van der Waals surface area contributed by atoms with Crippen molar-refractivity contribution >= 4 is 10.2 Å². The van der Waals surface area contributed by atoms with Crippen molar-refractivity contribution in [3.63, 3.8) is 0 Å². The molecule has 0 atom stereocenters. The summed E-state index contributed by atoms with van der Waals surface area (Å²) in [5, 5.41) is 0. The molecule has 3 nitrogen and oxygen atoms in total. The number of halogens is 1. The molecule has 1 rings (SSSR count). The maximum atomic E-state index is 12.1. The zero-order valence-electron chi connectivity index (χ0n) is 7.20. The van der Waals surface area contributed by atoms with Gasteiger partial charge in [0.1, 0.15) is 0 Å². The number of nitrogens with zero attached hydrogens (tertiary/aromatic N) is 1. The van der Waals surface area contributed by atoms with Gasteiger partial charge in [0.2, 0.25) is 0 Å². The largest absolute Gasteiger partial charge is 0.302 e. The van der Waals surface area contributed by atoms with Crippen LogP contribution in [-0.2, 0) is 16.6 Å². The van der Waals surface area contributed by atoms with E-state index in [0.29, 0.717) is 0 Å². The molecule has 5 heteroatoms. The van der Waals surface area contributed by atoms with E-state index >= 15 is 0 Å². The number of hydrogen-bond acceptors (Lipinski definition) is 3. The normalized spacial score (nSPS) is 11.5. The summed E-state index contributed by atoms with van der Waals surface area (Å²) in [4.78, 5) is 3.94. The van der Waals surface area contributed by atoms with Gasteiger partial charge >= 0.3 is 10.2 Å². The van der Waals surface area contributed by atoms with Gasteiger partial charge in [-0.25, -0.2) is 0 Å². The summed E-state index contributed by atoms with van der Waals surface area (Å²) in [5.41, 5.74) is 1.59. The second-order valence-corrected chi connectivity index (χ2v) is 4.28. The highest BCUT2D eigenvalue weighted by Crippen LogP contribution is 2.04. The minimum absolute atomic E-state index is 0.197. The van der Waals surface area contributed by atoms with Crippen LogP contribution in [0.2, 0.25) is 0 Å². The SMILES string of the molecule is Cc1cc(CCS(=O)(=O)F)ccn1. The van der Waals surface area contributed by atoms with Gasteiger partial charge in [-0.05, 0) is 31.0 Å². The van der Waals surface area contributed by atoms with Crippen LogP contribution in [0.5, 0.6) is 0 Å². The van der Waals surface area contributed by atoms with Crippen LogP contribution in [0.3, 0.4) is 0 Å². The van der Waals surface area contributed by atoms with E-state index in [1.807, 2.05) is 0 Å². The van der Waals surface area contributed by atoms with Crippen molar-refractivity contribution in [1.29, 1.82) is 0 Å². The third-order valence-electron chi connectivity index (χ3n) is 1.60. The van der Waals surface area contributed by atoms with Crippen molar-refractivity contribution in [1.82, 2.24) is 4.98 Å². The first-order chi connectivity index (χ1) is 5.97. The lowest BCUT2D eigenvalue weighted by molar-refractivity contribution is 0.551. The minimum Gasteiger partial charge on any atom is -0.262 e. The molecule has 0 radical (unpaired) electrons. The molecule has 0 saturated carbocycles. The van der Waals surface area contributed by atoms with E-state index in [0.717, 1.165) is 11.3 Å². The summed E-state index contributed by atoms with van der Waals surface area (Å²) < 4.78 is 32.5. The van der Waals surface area contributed by atoms with E-state index in [1.54, 1.807) is 25.3 Å².